The maximum Gasteiger partial charge on any atom is 0.418 e. The van der Waals surface area contributed by atoms with Gasteiger partial charge in [-0.2, -0.15) is 13.5 Å². The van der Waals surface area contributed by atoms with E-state index in [-0.39, 0.29) is 19.0 Å². The highest BCUT2D eigenvalue weighted by molar-refractivity contribution is 7.80. The third kappa shape index (κ3) is 3.23. The minimum atomic E-state index is -4.75. The van der Waals surface area contributed by atoms with Gasteiger partial charge in [0.2, 0.25) is 12.3 Å². The molecular formula is C9H14N4O6S. The van der Waals surface area contributed by atoms with Crippen LogP contribution in [0.5, 0.6) is 0 Å². The number of carbonyl (C=O) groups is 1. The van der Waals surface area contributed by atoms with Crippen molar-refractivity contribution >= 4 is 16.4 Å². The molecule has 0 aliphatic carbocycles. The lowest BCUT2D eigenvalue weighted by molar-refractivity contribution is -0.0278. The van der Waals surface area contributed by atoms with Crippen molar-refractivity contribution in [3.05, 3.63) is 12.3 Å². The summed E-state index contributed by atoms with van der Waals surface area (Å²) in [5.74, 6) is 0.272. The maximum atomic E-state index is 12.2. The highest BCUT2D eigenvalue weighted by Crippen LogP contribution is 2.28. The first-order valence-electron chi connectivity index (χ1n) is 5.93. The molecule has 0 bridgehead atoms. The van der Waals surface area contributed by atoms with Crippen molar-refractivity contribution in [2.24, 2.45) is 0 Å². The molecule has 0 radical (unpaired) electrons. The van der Waals surface area contributed by atoms with Crippen molar-refractivity contribution in [3.63, 3.8) is 0 Å². The fourth-order valence-electron chi connectivity index (χ4n) is 2.08. The molecule has 0 spiro atoms. The molecule has 1 aromatic heterocycles. The van der Waals surface area contributed by atoms with Gasteiger partial charge in [0.15, 0.2) is 0 Å². The van der Waals surface area contributed by atoms with E-state index in [0.29, 0.717) is 17.9 Å². The van der Waals surface area contributed by atoms with Gasteiger partial charge >= 0.3 is 16.4 Å². The summed E-state index contributed by atoms with van der Waals surface area (Å²) in [5.41, 5.74) is 0. The van der Waals surface area contributed by atoms with E-state index in [9.17, 15) is 13.2 Å². The molecule has 0 aromatic carbocycles. The van der Waals surface area contributed by atoms with Crippen LogP contribution in [0.15, 0.2) is 10.8 Å². The first-order chi connectivity index (χ1) is 9.42. The lowest BCUT2D eigenvalue weighted by atomic mass is 10.1. The van der Waals surface area contributed by atoms with Gasteiger partial charge in [0.25, 0.3) is 0 Å². The van der Waals surface area contributed by atoms with E-state index in [1.807, 2.05) is 0 Å². The topological polar surface area (TPSA) is 126 Å². The zero-order valence-corrected chi connectivity index (χ0v) is 11.5. The molecule has 112 valence electrons. The number of hydrogen-bond donors (Lipinski definition) is 1. The molecule has 2 heterocycles. The van der Waals surface area contributed by atoms with Gasteiger partial charge in [-0.05, 0) is 19.8 Å². The van der Waals surface area contributed by atoms with Crippen molar-refractivity contribution in [3.8, 4) is 0 Å². The van der Waals surface area contributed by atoms with Crippen molar-refractivity contribution in [2.75, 3.05) is 13.1 Å². The fraction of sp³-hybridized carbons (Fsp3) is 0.667. The molecule has 2 rings (SSSR count). The Bertz CT molecular complexity index is 559. The molecule has 20 heavy (non-hydrogen) atoms. The largest absolute Gasteiger partial charge is 0.426 e. The third-order valence-electron chi connectivity index (χ3n) is 2.86. The van der Waals surface area contributed by atoms with Gasteiger partial charge in [-0.25, -0.2) is 4.79 Å². The van der Waals surface area contributed by atoms with E-state index in [2.05, 4.69) is 14.5 Å². The van der Waals surface area contributed by atoms with Gasteiger partial charge in [0.05, 0.1) is 6.54 Å². The van der Waals surface area contributed by atoms with Crippen LogP contribution in [0.25, 0.3) is 0 Å². The summed E-state index contributed by atoms with van der Waals surface area (Å²) in [4.78, 5) is 13.6. The first kappa shape index (κ1) is 14.7. The molecule has 0 unspecified atom stereocenters. The number of aromatic nitrogens is 2. The van der Waals surface area contributed by atoms with Crippen LogP contribution < -0.4 is 0 Å². The summed E-state index contributed by atoms with van der Waals surface area (Å²) in [6.07, 6.45) is 2.11. The highest BCUT2D eigenvalue weighted by Gasteiger charge is 2.35. The van der Waals surface area contributed by atoms with Crippen LogP contribution in [0.3, 0.4) is 0 Å². The number of rotatable bonds is 4. The Labute approximate surface area is 115 Å². The minimum Gasteiger partial charge on any atom is -0.426 e. The molecular weight excluding hydrogens is 292 g/mol. The molecule has 1 N–H and O–H groups in total. The second kappa shape index (κ2) is 5.73. The number of amides is 2. The van der Waals surface area contributed by atoms with Crippen LogP contribution in [-0.4, -0.2) is 52.3 Å². The van der Waals surface area contributed by atoms with Gasteiger partial charge in [-0.1, -0.05) is 0 Å². The summed E-state index contributed by atoms with van der Waals surface area (Å²) in [7, 11) is -4.75. The van der Waals surface area contributed by atoms with Crippen LogP contribution in [0.2, 0.25) is 0 Å². The summed E-state index contributed by atoms with van der Waals surface area (Å²) in [6, 6.07) is -1.14. The van der Waals surface area contributed by atoms with Crippen molar-refractivity contribution < 1.29 is 26.5 Å². The normalized spacial score (nSPS) is 21.1. The molecule has 1 aromatic rings. The quantitative estimate of drug-likeness (QED) is 0.791. The van der Waals surface area contributed by atoms with E-state index >= 15 is 0 Å². The second-order valence-corrected chi connectivity index (χ2v) is 5.11. The van der Waals surface area contributed by atoms with Gasteiger partial charge in [-0.3, -0.25) is 4.55 Å². The SMILES string of the molecule is CCN1C(=O)N(OS(=O)(=O)O)CCC[C@H]1c1nnco1. The van der Waals surface area contributed by atoms with E-state index in [1.165, 1.54) is 4.90 Å². The van der Waals surface area contributed by atoms with Crippen molar-refractivity contribution in [1.29, 1.82) is 0 Å². The summed E-state index contributed by atoms with van der Waals surface area (Å²) >= 11 is 0. The Kier molecular flexibility index (Phi) is 4.20. The zero-order valence-electron chi connectivity index (χ0n) is 10.7. The summed E-state index contributed by atoms with van der Waals surface area (Å²) in [6.45, 7) is 2.04. The molecule has 10 nitrogen and oxygen atoms in total. The average molecular weight is 306 g/mol. The van der Waals surface area contributed by atoms with E-state index in [1.54, 1.807) is 6.92 Å². The molecule has 0 saturated carbocycles. The van der Waals surface area contributed by atoms with Gasteiger partial charge in [-0.15, -0.1) is 14.5 Å². The monoisotopic (exact) mass is 306 g/mol. The van der Waals surface area contributed by atoms with Crippen molar-refractivity contribution in [2.45, 2.75) is 25.8 Å². The van der Waals surface area contributed by atoms with Crippen LogP contribution in [0.1, 0.15) is 31.7 Å². The number of carbonyl (C=O) groups excluding carboxylic acids is 1. The van der Waals surface area contributed by atoms with E-state index in [4.69, 9.17) is 8.97 Å². The maximum absolute atomic E-state index is 12.2. The Hall–Kier alpha value is -1.72. The lowest BCUT2D eigenvalue weighted by Crippen LogP contribution is -2.43. The van der Waals surface area contributed by atoms with Crippen molar-refractivity contribution in [1.82, 2.24) is 20.2 Å². The second-order valence-electron chi connectivity index (χ2n) is 4.11. The standard InChI is InChI=1S/C9H14N4O6S/c1-2-12-7(8-11-10-6-18-8)4-3-5-13(9(12)14)19-20(15,16)17/h6-7H,2-5H2,1H3,(H,15,16,17)/t7-/m0/s1. The van der Waals surface area contributed by atoms with E-state index < -0.39 is 22.5 Å². The molecule has 1 saturated heterocycles. The van der Waals surface area contributed by atoms with Gasteiger partial charge < -0.3 is 9.32 Å². The van der Waals surface area contributed by atoms with Crippen LogP contribution in [0, 0.1) is 0 Å². The minimum absolute atomic E-state index is 0.0275. The Morgan fingerprint density at radius 1 is 1.60 bits per heavy atom. The summed E-state index contributed by atoms with van der Waals surface area (Å²) < 4.78 is 39.5. The fourth-order valence-corrected chi connectivity index (χ4v) is 2.44. The summed E-state index contributed by atoms with van der Waals surface area (Å²) in [5, 5.41) is 7.95. The molecule has 1 atom stereocenters. The van der Waals surface area contributed by atoms with Gasteiger partial charge in [0.1, 0.15) is 6.04 Å². The molecule has 1 aliphatic rings. The lowest BCUT2D eigenvalue weighted by Gasteiger charge is -2.28. The molecule has 1 fully saturated rings. The number of hydroxylamine groups is 2. The smallest absolute Gasteiger partial charge is 0.418 e. The predicted molar refractivity (Wildman–Crippen MR) is 63.4 cm³/mol. The van der Waals surface area contributed by atoms with E-state index in [0.717, 1.165) is 6.39 Å². The van der Waals surface area contributed by atoms with Crippen LogP contribution in [-0.2, 0) is 14.7 Å². The number of urea groups is 1. The molecule has 2 amide bonds. The highest BCUT2D eigenvalue weighted by atomic mass is 32.3. The zero-order chi connectivity index (χ0) is 14.8. The molecule has 1 aliphatic heterocycles. The van der Waals surface area contributed by atoms with Crippen LogP contribution >= 0.6 is 0 Å². The average Bonchev–Trinajstić information content (AvgIpc) is 2.83. The Morgan fingerprint density at radius 2 is 2.35 bits per heavy atom. The number of hydrogen-bond acceptors (Lipinski definition) is 7. The Balaban J connectivity index is 2.23. The van der Waals surface area contributed by atoms with Crippen LogP contribution in [0.4, 0.5) is 4.79 Å². The number of nitrogens with zero attached hydrogens (tertiary/aromatic N) is 4. The Morgan fingerprint density at radius 3 is 2.90 bits per heavy atom. The third-order valence-corrected chi connectivity index (χ3v) is 3.23. The van der Waals surface area contributed by atoms with Gasteiger partial charge in [0, 0.05) is 6.54 Å². The molecule has 11 heteroatoms. The first-order valence-corrected chi connectivity index (χ1v) is 7.30. The predicted octanol–water partition coefficient (Wildman–Crippen LogP) is 0.383.